The molecule has 2 aromatic rings. The van der Waals surface area contributed by atoms with Crippen molar-refractivity contribution in [2.75, 3.05) is 31.1 Å². The van der Waals surface area contributed by atoms with Gasteiger partial charge in [0, 0.05) is 13.1 Å². The molecule has 1 fully saturated rings. The Balaban J connectivity index is 1.98. The summed E-state index contributed by atoms with van der Waals surface area (Å²) in [4.78, 5) is 28.2. The molecule has 1 atom stereocenters. The standard InChI is InChI=1S/C20H23Cl2F2N5O3S/c1-5-8-31-18-12(21)17(26-16(27-18)13-14(22)25-10-33-13)29-7-6-28(9-11(29)15(23)24)19(30)32-20(2,3)4/h5,10-11,15H,1,6-9H2,2-4H3. The first-order chi connectivity index (χ1) is 15.5. The number of halogens is 4. The highest BCUT2D eigenvalue weighted by molar-refractivity contribution is 7.13. The van der Waals surface area contributed by atoms with Crippen LogP contribution in [0.5, 0.6) is 5.88 Å². The molecule has 3 rings (SSSR count). The van der Waals surface area contributed by atoms with Crippen LogP contribution in [-0.4, -0.2) is 70.3 Å². The summed E-state index contributed by atoms with van der Waals surface area (Å²) < 4.78 is 39.1. The third-order valence-electron chi connectivity index (χ3n) is 4.50. The minimum Gasteiger partial charge on any atom is -0.472 e. The van der Waals surface area contributed by atoms with E-state index in [0.717, 1.165) is 0 Å². The molecule has 13 heteroatoms. The van der Waals surface area contributed by atoms with Crippen molar-refractivity contribution >= 4 is 46.4 Å². The average Bonchev–Trinajstić information content (AvgIpc) is 3.17. The zero-order chi connectivity index (χ0) is 24.3. The Morgan fingerprint density at radius 3 is 2.67 bits per heavy atom. The number of anilines is 1. The van der Waals surface area contributed by atoms with E-state index in [1.165, 1.54) is 32.7 Å². The molecule has 0 N–H and O–H groups in total. The van der Waals surface area contributed by atoms with Crippen LogP contribution in [-0.2, 0) is 4.74 Å². The predicted octanol–water partition coefficient (Wildman–Crippen LogP) is 5.16. The highest BCUT2D eigenvalue weighted by atomic mass is 35.5. The minimum atomic E-state index is -2.80. The largest absolute Gasteiger partial charge is 0.472 e. The number of rotatable bonds is 6. The zero-order valence-corrected chi connectivity index (χ0v) is 20.6. The van der Waals surface area contributed by atoms with Gasteiger partial charge in [-0.1, -0.05) is 35.9 Å². The number of hydrogen-bond donors (Lipinski definition) is 0. The number of aromatic nitrogens is 3. The quantitative estimate of drug-likeness (QED) is 0.485. The molecule has 1 saturated heterocycles. The summed E-state index contributed by atoms with van der Waals surface area (Å²) in [6.45, 7) is 8.73. The smallest absolute Gasteiger partial charge is 0.410 e. The molecule has 0 radical (unpaired) electrons. The molecule has 2 aromatic heterocycles. The molecule has 0 bridgehead atoms. The lowest BCUT2D eigenvalue weighted by atomic mass is 10.1. The monoisotopic (exact) mass is 521 g/mol. The zero-order valence-electron chi connectivity index (χ0n) is 18.2. The molecule has 0 saturated carbocycles. The molecular formula is C20H23Cl2F2N5O3S. The summed E-state index contributed by atoms with van der Waals surface area (Å²) in [5.74, 6) is 0.200. The van der Waals surface area contributed by atoms with Gasteiger partial charge in [-0.25, -0.2) is 23.5 Å². The van der Waals surface area contributed by atoms with Crippen LogP contribution in [0.3, 0.4) is 0 Å². The fourth-order valence-corrected chi connectivity index (χ4v) is 4.28. The predicted molar refractivity (Wildman–Crippen MR) is 124 cm³/mol. The second-order valence-corrected chi connectivity index (χ2v) is 9.67. The van der Waals surface area contributed by atoms with E-state index in [9.17, 15) is 13.6 Å². The third kappa shape index (κ3) is 6.01. The van der Waals surface area contributed by atoms with Crippen LogP contribution in [0, 0.1) is 0 Å². The Bertz CT molecular complexity index is 1020. The number of piperazine rings is 1. The number of alkyl halides is 2. The maximum atomic E-state index is 14.1. The van der Waals surface area contributed by atoms with E-state index >= 15 is 0 Å². The van der Waals surface area contributed by atoms with Crippen molar-refractivity contribution in [1.82, 2.24) is 19.9 Å². The van der Waals surface area contributed by atoms with Gasteiger partial charge in [-0.05, 0) is 20.8 Å². The fraction of sp³-hybridized carbons (Fsp3) is 0.500. The van der Waals surface area contributed by atoms with Gasteiger partial charge in [-0.2, -0.15) is 4.98 Å². The average molecular weight is 522 g/mol. The van der Waals surface area contributed by atoms with E-state index < -0.39 is 24.2 Å². The minimum absolute atomic E-state index is 0.00335. The van der Waals surface area contributed by atoms with Crippen molar-refractivity contribution in [1.29, 1.82) is 0 Å². The van der Waals surface area contributed by atoms with Gasteiger partial charge in [0.15, 0.2) is 16.8 Å². The highest BCUT2D eigenvalue weighted by Crippen LogP contribution is 2.39. The molecule has 1 aliphatic heterocycles. The van der Waals surface area contributed by atoms with E-state index in [1.807, 2.05) is 0 Å². The highest BCUT2D eigenvalue weighted by Gasteiger charge is 2.39. The van der Waals surface area contributed by atoms with Gasteiger partial charge in [-0.15, -0.1) is 11.3 Å². The first-order valence-corrected chi connectivity index (χ1v) is 11.6. The fourth-order valence-electron chi connectivity index (χ4n) is 3.10. The van der Waals surface area contributed by atoms with Crippen molar-refractivity contribution in [2.24, 2.45) is 0 Å². The Kier molecular flexibility index (Phi) is 7.96. The Labute approximate surface area is 204 Å². The number of carbonyl (C=O) groups excluding carboxylic acids is 1. The molecule has 3 heterocycles. The first-order valence-electron chi connectivity index (χ1n) is 9.95. The number of ether oxygens (including phenoxy) is 2. The van der Waals surface area contributed by atoms with Crippen molar-refractivity contribution < 1.29 is 23.0 Å². The molecule has 0 spiro atoms. The summed E-state index contributed by atoms with van der Waals surface area (Å²) in [6, 6.07) is -1.38. The maximum Gasteiger partial charge on any atom is 0.410 e. The summed E-state index contributed by atoms with van der Waals surface area (Å²) in [7, 11) is 0. The van der Waals surface area contributed by atoms with Crippen LogP contribution in [0.2, 0.25) is 10.2 Å². The van der Waals surface area contributed by atoms with Crippen LogP contribution in [0.1, 0.15) is 20.8 Å². The van der Waals surface area contributed by atoms with E-state index in [0.29, 0.717) is 4.88 Å². The van der Waals surface area contributed by atoms with Crippen LogP contribution in [0.4, 0.5) is 19.4 Å². The van der Waals surface area contributed by atoms with Crippen molar-refractivity contribution in [3.05, 3.63) is 28.3 Å². The van der Waals surface area contributed by atoms with Gasteiger partial charge in [-0.3, -0.25) is 0 Å². The van der Waals surface area contributed by atoms with Gasteiger partial charge in [0.1, 0.15) is 28.1 Å². The molecular weight excluding hydrogens is 499 g/mol. The lowest BCUT2D eigenvalue weighted by Gasteiger charge is -2.42. The lowest BCUT2D eigenvalue weighted by molar-refractivity contribution is 0.0120. The number of amides is 1. The number of carbonyl (C=O) groups is 1. The lowest BCUT2D eigenvalue weighted by Crippen LogP contribution is -2.58. The maximum absolute atomic E-state index is 14.1. The summed E-state index contributed by atoms with van der Waals surface area (Å²) >= 11 is 13.8. The molecule has 180 valence electrons. The summed E-state index contributed by atoms with van der Waals surface area (Å²) in [6.07, 6.45) is -1.96. The van der Waals surface area contributed by atoms with Crippen LogP contribution < -0.4 is 9.64 Å². The summed E-state index contributed by atoms with van der Waals surface area (Å²) in [5, 5.41) is 0.140. The second-order valence-electron chi connectivity index (χ2n) is 8.08. The normalized spacial score (nSPS) is 16.8. The van der Waals surface area contributed by atoms with Crippen molar-refractivity contribution in [3.8, 4) is 16.6 Å². The van der Waals surface area contributed by atoms with Crippen molar-refractivity contribution in [2.45, 2.75) is 38.8 Å². The third-order valence-corrected chi connectivity index (χ3v) is 6.05. The van der Waals surface area contributed by atoms with Gasteiger partial charge in [0.2, 0.25) is 5.88 Å². The van der Waals surface area contributed by atoms with E-state index in [2.05, 4.69) is 21.5 Å². The second kappa shape index (κ2) is 10.4. The van der Waals surface area contributed by atoms with Crippen LogP contribution in [0.15, 0.2) is 18.2 Å². The van der Waals surface area contributed by atoms with Crippen LogP contribution in [0.25, 0.3) is 10.7 Å². The van der Waals surface area contributed by atoms with Gasteiger partial charge in [0.25, 0.3) is 6.43 Å². The summed E-state index contributed by atoms with van der Waals surface area (Å²) in [5.41, 5.74) is 0.770. The van der Waals surface area contributed by atoms with E-state index in [-0.39, 0.29) is 53.9 Å². The molecule has 0 aromatic carbocycles. The number of thiazole rings is 1. The SMILES string of the molecule is C=CCOc1nc(-c2scnc2Cl)nc(N2CCN(C(=O)OC(C)(C)C)CC2C(F)F)c1Cl. The number of hydrogen-bond acceptors (Lipinski definition) is 8. The van der Waals surface area contributed by atoms with Gasteiger partial charge >= 0.3 is 6.09 Å². The molecule has 8 nitrogen and oxygen atoms in total. The van der Waals surface area contributed by atoms with E-state index in [4.69, 9.17) is 32.7 Å². The number of nitrogens with zero attached hydrogens (tertiary/aromatic N) is 5. The van der Waals surface area contributed by atoms with Gasteiger partial charge < -0.3 is 19.3 Å². The van der Waals surface area contributed by atoms with Crippen molar-refractivity contribution in [3.63, 3.8) is 0 Å². The van der Waals surface area contributed by atoms with Gasteiger partial charge in [0.05, 0.1) is 12.1 Å². The Morgan fingerprint density at radius 2 is 2.09 bits per heavy atom. The van der Waals surface area contributed by atoms with Crippen LogP contribution >= 0.6 is 34.5 Å². The molecule has 0 aliphatic carbocycles. The Morgan fingerprint density at radius 1 is 1.36 bits per heavy atom. The van der Waals surface area contributed by atoms with E-state index in [1.54, 1.807) is 20.8 Å². The molecule has 33 heavy (non-hydrogen) atoms. The Hall–Kier alpha value is -2.24. The molecule has 1 aliphatic rings. The molecule has 1 amide bonds. The topological polar surface area (TPSA) is 80.7 Å². The first kappa shape index (κ1) is 25.4. The molecule has 1 unspecified atom stereocenters.